The van der Waals surface area contributed by atoms with Gasteiger partial charge in [-0.05, 0) is 31.2 Å². The maximum atomic E-state index is 11.9. The highest BCUT2D eigenvalue weighted by molar-refractivity contribution is 8.00. The van der Waals surface area contributed by atoms with Gasteiger partial charge in [-0.1, -0.05) is 24.3 Å². The molecular formula is C16H15NO3S. The Morgan fingerprint density at radius 2 is 1.90 bits per heavy atom. The normalized spacial score (nSPS) is 10.1. The van der Waals surface area contributed by atoms with Gasteiger partial charge in [0.05, 0.1) is 5.75 Å². The molecule has 0 unspecified atom stereocenters. The largest absolute Gasteiger partial charge is 0.507 e. The summed E-state index contributed by atoms with van der Waals surface area (Å²) >= 11 is 1.26. The molecule has 0 bridgehead atoms. The first-order chi connectivity index (χ1) is 10.1. The summed E-state index contributed by atoms with van der Waals surface area (Å²) in [5.74, 6) is 0.106. The standard InChI is InChI=1S/C16H15NO3S/c1-11(18)12-5-4-6-13(9-12)17-16(20)10-21-15-8-3-2-7-14(15)19/h2-9,19H,10H2,1H3,(H,17,20). The SMILES string of the molecule is CC(=O)c1cccc(NC(=O)CSc2ccccc2O)c1. The van der Waals surface area contributed by atoms with Crippen molar-refractivity contribution in [2.75, 3.05) is 11.1 Å². The first kappa shape index (κ1) is 15.1. The fourth-order valence-electron chi connectivity index (χ4n) is 1.74. The van der Waals surface area contributed by atoms with Crippen molar-refractivity contribution < 1.29 is 14.7 Å². The molecule has 2 rings (SSSR count). The first-order valence-electron chi connectivity index (χ1n) is 6.38. The molecule has 0 saturated heterocycles. The van der Waals surface area contributed by atoms with E-state index in [9.17, 15) is 14.7 Å². The zero-order valence-corrected chi connectivity index (χ0v) is 12.3. The average Bonchev–Trinajstić information content (AvgIpc) is 2.46. The van der Waals surface area contributed by atoms with Gasteiger partial charge in [-0.3, -0.25) is 9.59 Å². The predicted octanol–water partition coefficient (Wildman–Crippen LogP) is 3.33. The van der Waals surface area contributed by atoms with Crippen molar-refractivity contribution in [1.29, 1.82) is 0 Å². The van der Waals surface area contributed by atoms with E-state index >= 15 is 0 Å². The molecule has 0 radical (unpaired) electrons. The van der Waals surface area contributed by atoms with Gasteiger partial charge in [0.15, 0.2) is 5.78 Å². The second kappa shape index (κ2) is 6.95. The van der Waals surface area contributed by atoms with Crippen LogP contribution in [0.25, 0.3) is 0 Å². The summed E-state index contributed by atoms with van der Waals surface area (Å²) in [6.45, 7) is 1.48. The summed E-state index contributed by atoms with van der Waals surface area (Å²) in [5, 5.41) is 12.4. The van der Waals surface area contributed by atoms with Crippen LogP contribution in [-0.4, -0.2) is 22.5 Å². The van der Waals surface area contributed by atoms with Crippen LogP contribution in [0.4, 0.5) is 5.69 Å². The smallest absolute Gasteiger partial charge is 0.234 e. The zero-order chi connectivity index (χ0) is 15.2. The van der Waals surface area contributed by atoms with Crippen molar-refractivity contribution in [3.05, 3.63) is 54.1 Å². The van der Waals surface area contributed by atoms with Crippen LogP contribution in [0.5, 0.6) is 5.75 Å². The number of nitrogens with one attached hydrogen (secondary N) is 1. The van der Waals surface area contributed by atoms with E-state index in [1.54, 1.807) is 48.5 Å². The lowest BCUT2D eigenvalue weighted by atomic mass is 10.1. The van der Waals surface area contributed by atoms with E-state index < -0.39 is 0 Å². The number of benzene rings is 2. The number of phenolic OH excluding ortho intramolecular Hbond substituents is 1. The summed E-state index contributed by atoms with van der Waals surface area (Å²) in [6.07, 6.45) is 0. The molecule has 21 heavy (non-hydrogen) atoms. The number of aromatic hydroxyl groups is 1. The molecule has 108 valence electrons. The van der Waals surface area contributed by atoms with Crippen molar-refractivity contribution in [3.8, 4) is 5.75 Å². The van der Waals surface area contributed by atoms with Crippen LogP contribution in [0.15, 0.2) is 53.4 Å². The number of para-hydroxylation sites is 1. The first-order valence-corrected chi connectivity index (χ1v) is 7.36. The lowest BCUT2D eigenvalue weighted by molar-refractivity contribution is -0.113. The second-order valence-electron chi connectivity index (χ2n) is 4.44. The van der Waals surface area contributed by atoms with Gasteiger partial charge in [0.25, 0.3) is 0 Å². The third kappa shape index (κ3) is 4.36. The van der Waals surface area contributed by atoms with Gasteiger partial charge in [-0.2, -0.15) is 0 Å². The number of Topliss-reactive ketones (excluding diaryl/α,β-unsaturated/α-hetero) is 1. The molecule has 2 aromatic rings. The maximum absolute atomic E-state index is 11.9. The minimum Gasteiger partial charge on any atom is -0.507 e. The van der Waals surface area contributed by atoms with E-state index in [1.807, 2.05) is 0 Å². The fraction of sp³-hybridized carbons (Fsp3) is 0.125. The maximum Gasteiger partial charge on any atom is 0.234 e. The minimum atomic E-state index is -0.191. The van der Waals surface area contributed by atoms with Crippen LogP contribution < -0.4 is 5.32 Å². The molecule has 0 aliphatic heterocycles. The summed E-state index contributed by atoms with van der Waals surface area (Å²) in [7, 11) is 0. The highest BCUT2D eigenvalue weighted by Crippen LogP contribution is 2.27. The van der Waals surface area contributed by atoms with Gasteiger partial charge in [0.2, 0.25) is 5.91 Å². The van der Waals surface area contributed by atoms with Crippen molar-refractivity contribution >= 4 is 29.1 Å². The average molecular weight is 301 g/mol. The molecule has 5 heteroatoms. The Kier molecular flexibility index (Phi) is 5.00. The van der Waals surface area contributed by atoms with E-state index in [4.69, 9.17) is 0 Å². The number of carbonyl (C=O) groups is 2. The molecule has 4 nitrogen and oxygen atoms in total. The van der Waals surface area contributed by atoms with E-state index in [0.717, 1.165) is 0 Å². The van der Waals surface area contributed by atoms with Crippen molar-refractivity contribution in [3.63, 3.8) is 0 Å². The molecule has 2 N–H and O–H groups in total. The van der Waals surface area contributed by atoms with Crippen molar-refractivity contribution in [2.24, 2.45) is 0 Å². The monoisotopic (exact) mass is 301 g/mol. The Balaban J connectivity index is 1.95. The zero-order valence-electron chi connectivity index (χ0n) is 11.5. The van der Waals surface area contributed by atoms with Crippen LogP contribution in [-0.2, 0) is 4.79 Å². The van der Waals surface area contributed by atoms with Crippen LogP contribution >= 0.6 is 11.8 Å². The number of phenols is 1. The molecule has 1 amide bonds. The lowest BCUT2D eigenvalue weighted by Crippen LogP contribution is -2.14. The number of carbonyl (C=O) groups excluding carboxylic acids is 2. The topological polar surface area (TPSA) is 66.4 Å². The molecule has 0 aromatic heterocycles. The van der Waals surface area contributed by atoms with Crippen LogP contribution in [0, 0.1) is 0 Å². The molecule has 0 aliphatic rings. The molecular weight excluding hydrogens is 286 g/mol. The third-order valence-electron chi connectivity index (χ3n) is 2.78. The Morgan fingerprint density at radius 1 is 1.14 bits per heavy atom. The Hall–Kier alpha value is -2.27. The van der Waals surface area contributed by atoms with E-state index in [1.165, 1.54) is 18.7 Å². The van der Waals surface area contributed by atoms with Crippen molar-refractivity contribution in [2.45, 2.75) is 11.8 Å². The van der Waals surface area contributed by atoms with Gasteiger partial charge < -0.3 is 10.4 Å². The Labute approximate surface area is 127 Å². The Bertz CT molecular complexity index is 670. The molecule has 0 saturated carbocycles. The molecule has 0 spiro atoms. The van der Waals surface area contributed by atoms with Gasteiger partial charge >= 0.3 is 0 Å². The summed E-state index contributed by atoms with van der Waals surface area (Å²) < 4.78 is 0. The predicted molar refractivity (Wildman–Crippen MR) is 83.9 cm³/mol. The molecule has 0 atom stereocenters. The highest BCUT2D eigenvalue weighted by atomic mass is 32.2. The van der Waals surface area contributed by atoms with Gasteiger partial charge in [0.1, 0.15) is 5.75 Å². The number of amides is 1. The van der Waals surface area contributed by atoms with Crippen LogP contribution in [0.3, 0.4) is 0 Å². The van der Waals surface area contributed by atoms with E-state index in [-0.39, 0.29) is 23.2 Å². The lowest BCUT2D eigenvalue weighted by Gasteiger charge is -2.07. The number of anilines is 1. The molecule has 0 heterocycles. The Morgan fingerprint density at radius 3 is 2.62 bits per heavy atom. The number of ketones is 1. The van der Waals surface area contributed by atoms with Crippen molar-refractivity contribution in [1.82, 2.24) is 0 Å². The number of thioether (sulfide) groups is 1. The summed E-state index contributed by atoms with van der Waals surface area (Å²) in [6, 6.07) is 13.7. The molecule has 2 aromatic carbocycles. The molecule has 0 aliphatic carbocycles. The quantitative estimate of drug-likeness (QED) is 0.656. The van der Waals surface area contributed by atoms with E-state index in [2.05, 4.69) is 5.32 Å². The van der Waals surface area contributed by atoms with Crippen LogP contribution in [0.1, 0.15) is 17.3 Å². The summed E-state index contributed by atoms with van der Waals surface area (Å²) in [5.41, 5.74) is 1.15. The second-order valence-corrected chi connectivity index (χ2v) is 5.46. The van der Waals surface area contributed by atoms with Crippen LogP contribution in [0.2, 0.25) is 0 Å². The third-order valence-corrected chi connectivity index (χ3v) is 3.84. The minimum absolute atomic E-state index is 0.0466. The highest BCUT2D eigenvalue weighted by Gasteiger charge is 2.07. The van der Waals surface area contributed by atoms with Gasteiger partial charge in [-0.15, -0.1) is 11.8 Å². The van der Waals surface area contributed by atoms with E-state index in [0.29, 0.717) is 16.1 Å². The summed E-state index contributed by atoms with van der Waals surface area (Å²) in [4.78, 5) is 23.8. The van der Waals surface area contributed by atoms with Gasteiger partial charge in [-0.25, -0.2) is 0 Å². The number of rotatable bonds is 5. The number of hydrogen-bond acceptors (Lipinski definition) is 4. The molecule has 0 fully saturated rings. The van der Waals surface area contributed by atoms with Gasteiger partial charge in [0, 0.05) is 16.1 Å². The number of hydrogen-bond donors (Lipinski definition) is 2. The fourth-order valence-corrected chi connectivity index (χ4v) is 2.49.